The number of hydrogen-bond acceptors (Lipinski definition) is 4. The number of nitrogens with one attached hydrogen (secondary N) is 1. The Balaban J connectivity index is 1.84. The number of nitrogens with zero attached hydrogens (tertiary/aromatic N) is 1. The average molecular weight is 347 g/mol. The minimum atomic E-state index is -0.343. The zero-order valence-corrected chi connectivity index (χ0v) is 14.6. The van der Waals surface area contributed by atoms with Crippen LogP contribution in [0.25, 0.3) is 0 Å². The Morgan fingerprint density at radius 1 is 1.21 bits per heavy atom. The van der Waals surface area contributed by atoms with Gasteiger partial charge in [0.15, 0.2) is 6.61 Å². The Bertz CT molecular complexity index is 760. The van der Waals surface area contributed by atoms with Crippen LogP contribution < -0.4 is 14.9 Å². The third kappa shape index (κ3) is 4.99. The van der Waals surface area contributed by atoms with Gasteiger partial charge in [-0.2, -0.15) is 5.10 Å². The van der Waals surface area contributed by atoms with E-state index in [9.17, 15) is 4.79 Å². The minimum Gasteiger partial charge on any atom is -0.496 e. The molecule has 0 aliphatic carbocycles. The first-order valence-corrected chi connectivity index (χ1v) is 7.73. The van der Waals surface area contributed by atoms with Crippen molar-refractivity contribution in [1.82, 2.24) is 5.43 Å². The maximum atomic E-state index is 11.7. The maximum absolute atomic E-state index is 11.7. The molecule has 1 amide bonds. The van der Waals surface area contributed by atoms with Gasteiger partial charge in [0.25, 0.3) is 5.91 Å². The van der Waals surface area contributed by atoms with Crippen molar-refractivity contribution in [2.45, 2.75) is 13.8 Å². The third-order valence-electron chi connectivity index (χ3n) is 3.32. The number of aryl methyl sites for hydroxylation is 2. The summed E-state index contributed by atoms with van der Waals surface area (Å²) in [4.78, 5) is 11.7. The Kier molecular flexibility index (Phi) is 6.21. The van der Waals surface area contributed by atoms with Crippen molar-refractivity contribution in [1.29, 1.82) is 0 Å². The SMILES string of the molecule is COc1ccc(/C=N/NC(=O)COc2ccc(Cl)c(C)c2)cc1C. The van der Waals surface area contributed by atoms with Crippen molar-refractivity contribution in [3.05, 3.63) is 58.1 Å². The Labute approximate surface area is 146 Å². The van der Waals surface area contributed by atoms with Gasteiger partial charge >= 0.3 is 0 Å². The molecular formula is C18H19ClN2O3. The highest BCUT2D eigenvalue weighted by molar-refractivity contribution is 6.31. The van der Waals surface area contributed by atoms with Crippen molar-refractivity contribution in [3.8, 4) is 11.5 Å². The van der Waals surface area contributed by atoms with Gasteiger partial charge in [-0.1, -0.05) is 11.6 Å². The van der Waals surface area contributed by atoms with E-state index in [1.807, 2.05) is 32.0 Å². The normalized spacial score (nSPS) is 10.7. The quantitative estimate of drug-likeness (QED) is 0.643. The first-order chi connectivity index (χ1) is 11.5. The van der Waals surface area contributed by atoms with Crippen molar-refractivity contribution in [3.63, 3.8) is 0 Å². The van der Waals surface area contributed by atoms with Crippen molar-refractivity contribution in [2.24, 2.45) is 5.10 Å². The molecule has 0 saturated heterocycles. The summed E-state index contributed by atoms with van der Waals surface area (Å²) in [5.41, 5.74) is 5.17. The van der Waals surface area contributed by atoms with Crippen LogP contribution >= 0.6 is 11.6 Å². The molecule has 0 fully saturated rings. The lowest BCUT2D eigenvalue weighted by Gasteiger charge is -2.07. The van der Waals surface area contributed by atoms with Gasteiger partial charge in [-0.3, -0.25) is 4.79 Å². The second-order valence-electron chi connectivity index (χ2n) is 5.22. The number of hydrazone groups is 1. The van der Waals surface area contributed by atoms with E-state index < -0.39 is 0 Å². The molecule has 5 nitrogen and oxygen atoms in total. The molecule has 0 bridgehead atoms. The van der Waals surface area contributed by atoms with Gasteiger partial charge in [0.2, 0.25) is 0 Å². The summed E-state index contributed by atoms with van der Waals surface area (Å²) in [6.45, 7) is 3.69. The van der Waals surface area contributed by atoms with Crippen LogP contribution in [-0.4, -0.2) is 25.8 Å². The van der Waals surface area contributed by atoms with Gasteiger partial charge < -0.3 is 9.47 Å². The van der Waals surface area contributed by atoms with E-state index in [-0.39, 0.29) is 12.5 Å². The van der Waals surface area contributed by atoms with Gasteiger partial charge in [0.1, 0.15) is 11.5 Å². The molecule has 0 heterocycles. The molecule has 0 aliphatic heterocycles. The van der Waals surface area contributed by atoms with Crippen LogP contribution in [-0.2, 0) is 4.79 Å². The zero-order valence-electron chi connectivity index (χ0n) is 13.8. The second-order valence-corrected chi connectivity index (χ2v) is 5.63. The molecule has 0 spiro atoms. The highest BCUT2D eigenvalue weighted by Crippen LogP contribution is 2.21. The number of carbonyl (C=O) groups excluding carboxylic acids is 1. The Morgan fingerprint density at radius 3 is 2.67 bits per heavy atom. The smallest absolute Gasteiger partial charge is 0.277 e. The molecule has 0 atom stereocenters. The predicted octanol–water partition coefficient (Wildman–Crippen LogP) is 3.49. The van der Waals surface area contributed by atoms with Gasteiger partial charge in [-0.25, -0.2) is 5.43 Å². The number of benzene rings is 2. The second kappa shape index (κ2) is 8.36. The summed E-state index contributed by atoms with van der Waals surface area (Å²) in [7, 11) is 1.62. The number of hydrogen-bond donors (Lipinski definition) is 1. The lowest BCUT2D eigenvalue weighted by molar-refractivity contribution is -0.123. The van der Waals surface area contributed by atoms with Crippen LogP contribution in [0.15, 0.2) is 41.5 Å². The summed E-state index contributed by atoms with van der Waals surface area (Å²) < 4.78 is 10.6. The summed E-state index contributed by atoms with van der Waals surface area (Å²) in [5.74, 6) is 1.05. The first-order valence-electron chi connectivity index (χ1n) is 7.35. The predicted molar refractivity (Wildman–Crippen MR) is 95.2 cm³/mol. The molecular weight excluding hydrogens is 328 g/mol. The summed E-state index contributed by atoms with van der Waals surface area (Å²) in [6, 6.07) is 10.8. The summed E-state index contributed by atoms with van der Waals surface area (Å²) in [6.07, 6.45) is 1.57. The monoisotopic (exact) mass is 346 g/mol. The molecule has 1 N–H and O–H groups in total. The molecule has 2 aromatic rings. The van der Waals surface area contributed by atoms with Crippen LogP contribution in [0.1, 0.15) is 16.7 Å². The van der Waals surface area contributed by atoms with Crippen molar-refractivity contribution < 1.29 is 14.3 Å². The number of rotatable bonds is 6. The van der Waals surface area contributed by atoms with Gasteiger partial charge in [-0.05, 0) is 66.9 Å². The maximum Gasteiger partial charge on any atom is 0.277 e. The average Bonchev–Trinajstić information content (AvgIpc) is 2.56. The van der Waals surface area contributed by atoms with Gasteiger partial charge in [0, 0.05) is 5.02 Å². The molecule has 6 heteroatoms. The number of methoxy groups -OCH3 is 1. The van der Waals surface area contributed by atoms with Crippen LogP contribution in [0, 0.1) is 13.8 Å². The molecule has 126 valence electrons. The van der Waals surface area contributed by atoms with Crippen LogP contribution in [0.3, 0.4) is 0 Å². The number of amides is 1. The lowest BCUT2D eigenvalue weighted by Crippen LogP contribution is -2.24. The molecule has 0 unspecified atom stereocenters. The first kappa shape index (κ1) is 17.8. The van der Waals surface area contributed by atoms with Gasteiger partial charge in [0.05, 0.1) is 13.3 Å². The van der Waals surface area contributed by atoms with E-state index >= 15 is 0 Å². The van der Waals surface area contributed by atoms with E-state index in [2.05, 4.69) is 10.5 Å². The fourth-order valence-corrected chi connectivity index (χ4v) is 2.17. The molecule has 0 radical (unpaired) electrons. The van der Waals surface area contributed by atoms with Crippen LogP contribution in [0.4, 0.5) is 0 Å². The molecule has 24 heavy (non-hydrogen) atoms. The standard InChI is InChI=1S/C18H19ClN2O3/c1-12-9-15(5-6-16(12)19)24-11-18(22)21-20-10-14-4-7-17(23-3)13(2)8-14/h4-10H,11H2,1-3H3,(H,21,22)/b20-10+. The largest absolute Gasteiger partial charge is 0.496 e. The van der Waals surface area contributed by atoms with E-state index in [0.29, 0.717) is 10.8 Å². The van der Waals surface area contributed by atoms with E-state index in [1.165, 1.54) is 0 Å². The Hall–Kier alpha value is -2.53. The van der Waals surface area contributed by atoms with E-state index in [0.717, 1.165) is 22.4 Å². The number of carbonyl (C=O) groups is 1. The molecule has 2 rings (SSSR count). The van der Waals surface area contributed by atoms with E-state index in [4.69, 9.17) is 21.1 Å². The fraction of sp³-hybridized carbons (Fsp3) is 0.222. The van der Waals surface area contributed by atoms with Gasteiger partial charge in [-0.15, -0.1) is 0 Å². The highest BCUT2D eigenvalue weighted by Gasteiger charge is 2.03. The highest BCUT2D eigenvalue weighted by atomic mass is 35.5. The third-order valence-corrected chi connectivity index (χ3v) is 3.75. The lowest BCUT2D eigenvalue weighted by atomic mass is 10.1. The van der Waals surface area contributed by atoms with E-state index in [1.54, 1.807) is 31.5 Å². The fourth-order valence-electron chi connectivity index (χ4n) is 2.05. The molecule has 2 aromatic carbocycles. The number of ether oxygens (including phenoxy) is 2. The van der Waals surface area contributed by atoms with Crippen molar-refractivity contribution >= 4 is 23.7 Å². The topological polar surface area (TPSA) is 59.9 Å². The summed E-state index contributed by atoms with van der Waals surface area (Å²) in [5, 5.41) is 4.57. The molecule has 0 aliphatic rings. The van der Waals surface area contributed by atoms with Crippen molar-refractivity contribution in [2.75, 3.05) is 13.7 Å². The number of halogens is 1. The van der Waals surface area contributed by atoms with Crippen LogP contribution in [0.5, 0.6) is 11.5 Å². The molecule has 0 aromatic heterocycles. The summed E-state index contributed by atoms with van der Waals surface area (Å²) >= 11 is 5.94. The Morgan fingerprint density at radius 2 is 2.00 bits per heavy atom. The minimum absolute atomic E-state index is 0.125. The molecule has 0 saturated carbocycles. The van der Waals surface area contributed by atoms with Crippen LogP contribution in [0.2, 0.25) is 5.02 Å². The zero-order chi connectivity index (χ0) is 17.5.